The molecule has 0 unspecified atom stereocenters. The van der Waals surface area contributed by atoms with Gasteiger partial charge < -0.3 is 14.8 Å². The molecular weight excluding hydrogens is 339 g/mol. The standard InChI is InChI=1S/C15H10BrFN2O2/c16-12-5-15-14(20-8-21-15)4-10(12)7-19-11-1-2-13(17)9(3-11)6-18/h1-5,19H,7-8H2. The molecular formula is C15H10BrFN2O2. The first-order valence-electron chi connectivity index (χ1n) is 6.19. The third-order valence-electron chi connectivity index (χ3n) is 3.11. The molecule has 0 atom stereocenters. The number of benzene rings is 2. The van der Waals surface area contributed by atoms with Gasteiger partial charge in [-0.25, -0.2) is 4.39 Å². The van der Waals surface area contributed by atoms with Gasteiger partial charge in [0.15, 0.2) is 11.5 Å². The largest absolute Gasteiger partial charge is 0.454 e. The first kappa shape index (κ1) is 13.7. The molecule has 1 N–H and O–H groups in total. The van der Waals surface area contributed by atoms with E-state index in [1.165, 1.54) is 12.1 Å². The fourth-order valence-electron chi connectivity index (χ4n) is 2.01. The van der Waals surface area contributed by atoms with Crippen LogP contribution >= 0.6 is 15.9 Å². The van der Waals surface area contributed by atoms with E-state index in [1.807, 2.05) is 18.2 Å². The molecule has 0 fully saturated rings. The van der Waals surface area contributed by atoms with Crippen molar-refractivity contribution in [2.24, 2.45) is 0 Å². The molecule has 0 saturated heterocycles. The smallest absolute Gasteiger partial charge is 0.231 e. The second-order valence-electron chi connectivity index (χ2n) is 4.46. The Morgan fingerprint density at radius 3 is 2.76 bits per heavy atom. The molecule has 1 heterocycles. The number of nitrogens with one attached hydrogen (secondary N) is 1. The normalized spacial score (nSPS) is 12.0. The van der Waals surface area contributed by atoms with Gasteiger partial charge in [-0.2, -0.15) is 5.26 Å². The molecule has 4 nitrogen and oxygen atoms in total. The zero-order valence-electron chi connectivity index (χ0n) is 10.8. The van der Waals surface area contributed by atoms with Crippen molar-refractivity contribution in [3.63, 3.8) is 0 Å². The molecule has 6 heteroatoms. The van der Waals surface area contributed by atoms with Crippen molar-refractivity contribution in [3.8, 4) is 17.6 Å². The highest BCUT2D eigenvalue weighted by Gasteiger charge is 2.16. The van der Waals surface area contributed by atoms with Crippen LogP contribution in [-0.4, -0.2) is 6.79 Å². The summed E-state index contributed by atoms with van der Waals surface area (Å²) >= 11 is 3.48. The summed E-state index contributed by atoms with van der Waals surface area (Å²) < 4.78 is 24.8. The predicted molar refractivity (Wildman–Crippen MR) is 78.7 cm³/mol. The quantitative estimate of drug-likeness (QED) is 0.916. The maximum absolute atomic E-state index is 13.3. The van der Waals surface area contributed by atoms with Gasteiger partial charge in [0.25, 0.3) is 0 Å². The van der Waals surface area contributed by atoms with Crippen molar-refractivity contribution >= 4 is 21.6 Å². The summed E-state index contributed by atoms with van der Waals surface area (Å²) in [5, 5.41) is 12.0. The Labute approximate surface area is 129 Å². The number of nitrogens with zero attached hydrogens (tertiary/aromatic N) is 1. The molecule has 1 aliphatic rings. The Balaban J connectivity index is 1.78. The molecule has 0 amide bonds. The first-order valence-corrected chi connectivity index (χ1v) is 6.98. The van der Waals surface area contributed by atoms with Crippen molar-refractivity contribution in [2.75, 3.05) is 12.1 Å². The van der Waals surface area contributed by atoms with E-state index in [0.29, 0.717) is 23.7 Å². The van der Waals surface area contributed by atoms with Gasteiger partial charge in [0, 0.05) is 16.7 Å². The molecule has 0 bridgehead atoms. The lowest BCUT2D eigenvalue weighted by atomic mass is 10.1. The molecule has 0 aliphatic carbocycles. The minimum Gasteiger partial charge on any atom is -0.454 e. The van der Waals surface area contributed by atoms with Gasteiger partial charge in [-0.1, -0.05) is 15.9 Å². The molecule has 106 valence electrons. The van der Waals surface area contributed by atoms with Crippen molar-refractivity contribution in [1.82, 2.24) is 0 Å². The number of nitriles is 1. The summed E-state index contributed by atoms with van der Waals surface area (Å²) in [5.74, 6) is 0.887. The lowest BCUT2D eigenvalue weighted by Crippen LogP contribution is -2.01. The monoisotopic (exact) mass is 348 g/mol. The van der Waals surface area contributed by atoms with Crippen LogP contribution in [0, 0.1) is 17.1 Å². The SMILES string of the molecule is N#Cc1cc(NCc2cc3c(cc2Br)OCO3)ccc1F. The van der Waals surface area contributed by atoms with E-state index in [0.717, 1.165) is 10.0 Å². The zero-order chi connectivity index (χ0) is 14.8. The summed E-state index contributed by atoms with van der Waals surface area (Å²) in [4.78, 5) is 0. The van der Waals surface area contributed by atoms with E-state index < -0.39 is 5.82 Å². The summed E-state index contributed by atoms with van der Waals surface area (Å²) in [7, 11) is 0. The van der Waals surface area contributed by atoms with Crippen LogP contribution in [0.5, 0.6) is 11.5 Å². The summed E-state index contributed by atoms with van der Waals surface area (Å²) in [6.07, 6.45) is 0. The van der Waals surface area contributed by atoms with Crippen LogP contribution in [0.1, 0.15) is 11.1 Å². The molecule has 0 spiro atoms. The van der Waals surface area contributed by atoms with Gasteiger partial charge in [-0.15, -0.1) is 0 Å². The molecule has 21 heavy (non-hydrogen) atoms. The summed E-state index contributed by atoms with van der Waals surface area (Å²) in [6.45, 7) is 0.732. The Hall–Kier alpha value is -2.26. The first-order chi connectivity index (χ1) is 10.2. The van der Waals surface area contributed by atoms with Gasteiger partial charge in [-0.05, 0) is 35.9 Å². The Bertz CT molecular complexity index is 743. The minimum absolute atomic E-state index is 0.0183. The fourth-order valence-corrected chi connectivity index (χ4v) is 2.48. The summed E-state index contributed by atoms with van der Waals surface area (Å²) in [5.41, 5.74) is 1.67. The number of halogens is 2. The predicted octanol–water partition coefficient (Wildman–Crippen LogP) is 3.80. The van der Waals surface area contributed by atoms with Gasteiger partial charge in [0.2, 0.25) is 6.79 Å². The third-order valence-corrected chi connectivity index (χ3v) is 3.85. The van der Waals surface area contributed by atoms with Crippen molar-refractivity contribution in [3.05, 3.63) is 51.7 Å². The molecule has 0 saturated carbocycles. The van der Waals surface area contributed by atoms with Crippen LogP contribution in [-0.2, 0) is 6.54 Å². The molecule has 3 rings (SSSR count). The van der Waals surface area contributed by atoms with E-state index in [-0.39, 0.29) is 12.4 Å². The van der Waals surface area contributed by atoms with E-state index >= 15 is 0 Å². The average Bonchev–Trinajstić information content (AvgIpc) is 2.93. The topological polar surface area (TPSA) is 54.3 Å². The number of hydrogen-bond acceptors (Lipinski definition) is 4. The second kappa shape index (κ2) is 5.62. The molecule has 1 aliphatic heterocycles. The third kappa shape index (κ3) is 2.78. The average molecular weight is 349 g/mol. The van der Waals surface area contributed by atoms with Gasteiger partial charge in [0.1, 0.15) is 11.9 Å². The van der Waals surface area contributed by atoms with E-state index in [9.17, 15) is 4.39 Å². The molecule has 0 aromatic heterocycles. The Kier molecular flexibility index (Phi) is 3.67. The van der Waals surface area contributed by atoms with E-state index in [4.69, 9.17) is 14.7 Å². The van der Waals surface area contributed by atoms with E-state index in [2.05, 4.69) is 21.2 Å². The van der Waals surface area contributed by atoms with Crippen LogP contribution in [0.3, 0.4) is 0 Å². The van der Waals surface area contributed by atoms with Crippen molar-refractivity contribution in [1.29, 1.82) is 5.26 Å². The number of anilines is 1. The van der Waals surface area contributed by atoms with Crippen LogP contribution in [0.25, 0.3) is 0 Å². The molecule has 2 aromatic carbocycles. The van der Waals surface area contributed by atoms with E-state index in [1.54, 1.807) is 6.07 Å². The molecule has 2 aromatic rings. The summed E-state index contributed by atoms with van der Waals surface area (Å²) in [6, 6.07) is 9.90. The zero-order valence-corrected chi connectivity index (χ0v) is 12.4. The number of rotatable bonds is 3. The maximum Gasteiger partial charge on any atom is 0.231 e. The van der Waals surface area contributed by atoms with Crippen LogP contribution in [0.4, 0.5) is 10.1 Å². The van der Waals surface area contributed by atoms with Gasteiger partial charge >= 0.3 is 0 Å². The number of hydrogen-bond donors (Lipinski definition) is 1. The Morgan fingerprint density at radius 2 is 2.00 bits per heavy atom. The number of ether oxygens (including phenoxy) is 2. The number of fused-ring (bicyclic) bond motifs is 1. The van der Waals surface area contributed by atoms with Gasteiger partial charge in [-0.3, -0.25) is 0 Å². The van der Waals surface area contributed by atoms with Crippen molar-refractivity contribution < 1.29 is 13.9 Å². The minimum atomic E-state index is -0.521. The molecule has 0 radical (unpaired) electrons. The Morgan fingerprint density at radius 1 is 1.24 bits per heavy atom. The van der Waals surface area contributed by atoms with Crippen LogP contribution < -0.4 is 14.8 Å². The highest BCUT2D eigenvalue weighted by atomic mass is 79.9. The van der Waals surface area contributed by atoms with Crippen molar-refractivity contribution in [2.45, 2.75) is 6.54 Å². The van der Waals surface area contributed by atoms with Crippen LogP contribution in [0.15, 0.2) is 34.8 Å². The van der Waals surface area contributed by atoms with Crippen LogP contribution in [0.2, 0.25) is 0 Å². The second-order valence-corrected chi connectivity index (χ2v) is 5.31. The lowest BCUT2D eigenvalue weighted by Gasteiger charge is -2.10. The lowest BCUT2D eigenvalue weighted by molar-refractivity contribution is 0.174. The fraction of sp³-hybridized carbons (Fsp3) is 0.133. The maximum atomic E-state index is 13.3. The van der Waals surface area contributed by atoms with Gasteiger partial charge in [0.05, 0.1) is 5.56 Å². The highest BCUT2D eigenvalue weighted by Crippen LogP contribution is 2.37. The highest BCUT2D eigenvalue weighted by molar-refractivity contribution is 9.10.